The Morgan fingerprint density at radius 2 is 1.94 bits per heavy atom. The third kappa shape index (κ3) is 4.76. The second-order valence-corrected chi connectivity index (χ2v) is 9.14. The lowest BCUT2D eigenvalue weighted by Crippen LogP contribution is -3.16. The molecule has 1 aliphatic heterocycles. The highest BCUT2D eigenvalue weighted by molar-refractivity contribution is 5.76. The summed E-state index contributed by atoms with van der Waals surface area (Å²) in [5, 5.41) is 14.6. The normalized spacial score (nSPS) is 27.3. The fourth-order valence-electron chi connectivity index (χ4n) is 5.64. The molecule has 1 amide bonds. The minimum Gasteiger partial charge on any atom is -0.497 e. The lowest BCUT2D eigenvalue weighted by atomic mass is 9.66. The highest BCUT2D eigenvalue weighted by Gasteiger charge is 2.52. The average molecular weight is 440 g/mol. The molecule has 0 bridgehead atoms. The van der Waals surface area contributed by atoms with Crippen molar-refractivity contribution in [3.63, 3.8) is 0 Å². The Balaban J connectivity index is 1.60. The van der Waals surface area contributed by atoms with Gasteiger partial charge in [0.15, 0.2) is 6.54 Å². The molecule has 6 heteroatoms. The zero-order valence-electron chi connectivity index (χ0n) is 19.1. The predicted molar refractivity (Wildman–Crippen MR) is 123 cm³/mol. The van der Waals surface area contributed by atoms with Gasteiger partial charge in [0.1, 0.15) is 17.5 Å². The minimum absolute atomic E-state index is 0.0250. The lowest BCUT2D eigenvalue weighted by molar-refractivity contribution is -0.937. The summed E-state index contributed by atoms with van der Waals surface area (Å²) in [6.45, 7) is 1.63. The molecule has 1 unspecified atom stereocenters. The summed E-state index contributed by atoms with van der Waals surface area (Å²) in [6, 6.07) is 15.8. The number of piperidine rings is 1. The van der Waals surface area contributed by atoms with Gasteiger partial charge in [0, 0.05) is 18.9 Å². The van der Waals surface area contributed by atoms with Gasteiger partial charge in [-0.05, 0) is 36.6 Å². The quantitative estimate of drug-likeness (QED) is 0.619. The van der Waals surface area contributed by atoms with Crippen LogP contribution in [0.5, 0.6) is 11.5 Å². The van der Waals surface area contributed by atoms with Crippen LogP contribution in [0.4, 0.5) is 0 Å². The third-order valence-electron chi connectivity index (χ3n) is 7.28. The average Bonchev–Trinajstić information content (AvgIpc) is 2.83. The standard InChI is InChI=1S/C26H34N2O4/c1-31-20-11-12-23(32-2)21(16-20)25-22-10-6-7-13-26(22,30)14-15-28(25)18-24(29)27-17-19-8-4-3-5-9-19/h3-5,8-9,11-12,16,22,25,30H,6-7,10,13-15,17-18H2,1-2H3,(H,27,29)/p+1/t22-,25-,26-/m1/s1. The molecule has 1 heterocycles. The molecule has 1 saturated carbocycles. The predicted octanol–water partition coefficient (Wildman–Crippen LogP) is 2.27. The Kier molecular flexibility index (Phi) is 7.01. The summed E-state index contributed by atoms with van der Waals surface area (Å²) in [5.74, 6) is 1.66. The molecule has 32 heavy (non-hydrogen) atoms. The molecule has 172 valence electrons. The Bertz CT molecular complexity index is 919. The fraction of sp³-hybridized carbons (Fsp3) is 0.500. The Morgan fingerprint density at radius 3 is 2.69 bits per heavy atom. The van der Waals surface area contributed by atoms with Gasteiger partial charge in [-0.2, -0.15) is 0 Å². The molecule has 0 spiro atoms. The molecule has 1 saturated heterocycles. The van der Waals surface area contributed by atoms with E-state index in [2.05, 4.69) is 5.32 Å². The summed E-state index contributed by atoms with van der Waals surface area (Å²) in [7, 11) is 3.33. The second-order valence-electron chi connectivity index (χ2n) is 9.14. The van der Waals surface area contributed by atoms with Crippen molar-refractivity contribution in [3.8, 4) is 11.5 Å². The van der Waals surface area contributed by atoms with E-state index in [-0.39, 0.29) is 17.9 Å². The van der Waals surface area contributed by atoms with E-state index in [0.29, 0.717) is 13.1 Å². The Morgan fingerprint density at radius 1 is 1.12 bits per heavy atom. The number of hydrogen-bond acceptors (Lipinski definition) is 4. The van der Waals surface area contributed by atoms with Crippen LogP contribution in [0.1, 0.15) is 49.3 Å². The van der Waals surface area contributed by atoms with Gasteiger partial charge in [-0.1, -0.05) is 43.2 Å². The summed E-state index contributed by atoms with van der Waals surface area (Å²) in [5.41, 5.74) is 1.42. The first-order valence-corrected chi connectivity index (χ1v) is 11.6. The topological polar surface area (TPSA) is 72.2 Å². The van der Waals surface area contributed by atoms with Gasteiger partial charge in [-0.3, -0.25) is 4.79 Å². The van der Waals surface area contributed by atoms with Crippen LogP contribution < -0.4 is 19.7 Å². The van der Waals surface area contributed by atoms with Crippen LogP contribution in [0.15, 0.2) is 48.5 Å². The highest BCUT2D eigenvalue weighted by atomic mass is 16.5. The number of aliphatic hydroxyl groups is 1. The molecule has 1 aliphatic carbocycles. The van der Waals surface area contributed by atoms with Crippen molar-refractivity contribution < 1.29 is 24.3 Å². The summed E-state index contributed by atoms with van der Waals surface area (Å²) >= 11 is 0. The first kappa shape index (κ1) is 22.6. The highest BCUT2D eigenvalue weighted by Crippen LogP contribution is 2.46. The molecule has 4 rings (SSSR count). The van der Waals surface area contributed by atoms with Crippen LogP contribution >= 0.6 is 0 Å². The summed E-state index contributed by atoms with van der Waals surface area (Å²) < 4.78 is 11.2. The van der Waals surface area contributed by atoms with Crippen molar-refractivity contribution >= 4 is 5.91 Å². The summed E-state index contributed by atoms with van der Waals surface area (Å²) in [4.78, 5) is 14.1. The number of ether oxygens (including phenoxy) is 2. The van der Waals surface area contributed by atoms with Gasteiger partial charge in [0.25, 0.3) is 5.91 Å². The number of quaternary nitrogens is 1. The smallest absolute Gasteiger partial charge is 0.275 e. The van der Waals surface area contributed by atoms with Crippen LogP contribution in [-0.2, 0) is 11.3 Å². The molecule has 3 N–H and O–H groups in total. The first-order valence-electron chi connectivity index (χ1n) is 11.6. The van der Waals surface area contributed by atoms with Gasteiger partial charge in [0.05, 0.1) is 31.9 Å². The van der Waals surface area contributed by atoms with Crippen molar-refractivity contribution in [1.82, 2.24) is 5.32 Å². The van der Waals surface area contributed by atoms with Crippen molar-refractivity contribution in [2.75, 3.05) is 27.3 Å². The van der Waals surface area contributed by atoms with Crippen LogP contribution in [0, 0.1) is 5.92 Å². The van der Waals surface area contributed by atoms with E-state index in [1.165, 1.54) is 4.90 Å². The number of likely N-dealkylation sites (tertiary alicyclic amines) is 1. The fourth-order valence-corrected chi connectivity index (χ4v) is 5.64. The van der Waals surface area contributed by atoms with Gasteiger partial charge in [0.2, 0.25) is 0 Å². The van der Waals surface area contributed by atoms with Crippen molar-refractivity contribution in [1.29, 1.82) is 0 Å². The monoisotopic (exact) mass is 439 g/mol. The molecule has 2 aromatic carbocycles. The summed E-state index contributed by atoms with van der Waals surface area (Å²) in [6.07, 6.45) is 4.66. The number of fused-ring (bicyclic) bond motifs is 1. The number of benzene rings is 2. The number of methoxy groups -OCH3 is 2. The van der Waals surface area contributed by atoms with Crippen molar-refractivity contribution in [3.05, 3.63) is 59.7 Å². The number of carbonyl (C=O) groups is 1. The maximum Gasteiger partial charge on any atom is 0.275 e. The molecule has 2 fully saturated rings. The second kappa shape index (κ2) is 9.92. The number of hydrogen-bond donors (Lipinski definition) is 3. The van der Waals surface area contributed by atoms with Gasteiger partial charge < -0.3 is 24.8 Å². The van der Waals surface area contributed by atoms with Crippen LogP contribution in [0.3, 0.4) is 0 Å². The molecule has 2 aromatic rings. The van der Waals surface area contributed by atoms with Crippen LogP contribution in [0.2, 0.25) is 0 Å². The largest absolute Gasteiger partial charge is 0.497 e. The molecule has 0 aromatic heterocycles. The van der Waals surface area contributed by atoms with Crippen LogP contribution in [0.25, 0.3) is 0 Å². The zero-order chi connectivity index (χ0) is 22.6. The lowest BCUT2D eigenvalue weighted by Gasteiger charge is -2.50. The maximum absolute atomic E-state index is 12.9. The van der Waals surface area contributed by atoms with Crippen molar-refractivity contribution in [2.24, 2.45) is 5.92 Å². The molecule has 2 aliphatic rings. The first-order chi connectivity index (χ1) is 15.5. The van der Waals surface area contributed by atoms with Gasteiger partial charge in [-0.25, -0.2) is 0 Å². The molecule has 4 atom stereocenters. The van der Waals surface area contributed by atoms with E-state index in [1.54, 1.807) is 14.2 Å². The van der Waals surface area contributed by atoms with E-state index in [4.69, 9.17) is 9.47 Å². The zero-order valence-corrected chi connectivity index (χ0v) is 19.1. The number of nitrogens with one attached hydrogen (secondary N) is 2. The van der Waals surface area contributed by atoms with E-state index in [9.17, 15) is 9.90 Å². The SMILES string of the molecule is COc1ccc(OC)c([C@@H]2[C@H]3CCCC[C@@]3(O)CC[NH+]2CC(=O)NCc2ccccc2)c1. The van der Waals surface area contributed by atoms with E-state index >= 15 is 0 Å². The number of rotatable bonds is 7. The van der Waals surface area contributed by atoms with E-state index in [0.717, 1.165) is 61.3 Å². The van der Waals surface area contributed by atoms with Gasteiger partial charge >= 0.3 is 0 Å². The van der Waals surface area contributed by atoms with E-state index in [1.807, 2.05) is 48.5 Å². The Hall–Kier alpha value is -2.57. The minimum atomic E-state index is -0.680. The molecule has 6 nitrogen and oxygen atoms in total. The van der Waals surface area contributed by atoms with Crippen LogP contribution in [-0.4, -0.2) is 43.9 Å². The molecule has 0 radical (unpaired) electrons. The molecular weight excluding hydrogens is 404 g/mol. The maximum atomic E-state index is 12.9. The van der Waals surface area contributed by atoms with E-state index < -0.39 is 5.60 Å². The third-order valence-corrected chi connectivity index (χ3v) is 7.28. The number of carbonyl (C=O) groups excluding carboxylic acids is 1. The van der Waals surface area contributed by atoms with Crippen molar-refractivity contribution in [2.45, 2.75) is 50.3 Å². The van der Waals surface area contributed by atoms with Gasteiger partial charge in [-0.15, -0.1) is 0 Å². The number of amides is 1. The Labute approximate surface area is 190 Å². The molecular formula is C26H35N2O4+.